The number of hydrogen-bond acceptors (Lipinski definition) is 3. The lowest BCUT2D eigenvalue weighted by Gasteiger charge is -2.22. The lowest BCUT2D eigenvalue weighted by atomic mass is 10.0. The fourth-order valence-electron chi connectivity index (χ4n) is 2.84. The van der Waals surface area contributed by atoms with E-state index in [0.29, 0.717) is 24.4 Å². The highest BCUT2D eigenvalue weighted by molar-refractivity contribution is 5.85. The average molecular weight is 291 g/mol. The van der Waals surface area contributed by atoms with Crippen LogP contribution in [-0.4, -0.2) is 49.7 Å². The summed E-state index contributed by atoms with van der Waals surface area (Å²) in [7, 11) is 0. The van der Waals surface area contributed by atoms with Crippen LogP contribution in [0, 0.1) is 17.8 Å². The van der Waals surface area contributed by atoms with Crippen molar-refractivity contribution in [2.45, 2.75) is 33.3 Å². The second-order valence-electron chi connectivity index (χ2n) is 6.12. The van der Waals surface area contributed by atoms with E-state index in [1.807, 2.05) is 11.8 Å². The lowest BCUT2D eigenvalue weighted by molar-refractivity contribution is -0.142. The van der Waals surface area contributed by atoms with Gasteiger partial charge in [-0.1, -0.05) is 13.8 Å². The zero-order chi connectivity index (χ0) is 13.1. The van der Waals surface area contributed by atoms with Gasteiger partial charge in [0.1, 0.15) is 6.10 Å². The van der Waals surface area contributed by atoms with Crippen LogP contribution in [-0.2, 0) is 9.53 Å². The first-order valence-electron chi connectivity index (χ1n) is 7.19. The Bertz CT molecular complexity index is 287. The van der Waals surface area contributed by atoms with E-state index in [0.717, 1.165) is 32.6 Å². The molecule has 0 aliphatic carbocycles. The highest BCUT2D eigenvalue weighted by Crippen LogP contribution is 2.26. The van der Waals surface area contributed by atoms with Crippen LogP contribution in [0.1, 0.15) is 27.2 Å². The third kappa shape index (κ3) is 4.33. The summed E-state index contributed by atoms with van der Waals surface area (Å²) in [6.07, 6.45) is 0.739. The van der Waals surface area contributed by atoms with Crippen molar-refractivity contribution in [3.05, 3.63) is 0 Å². The number of nitrogens with one attached hydrogen (secondary N) is 1. The van der Waals surface area contributed by atoms with Crippen LogP contribution in [0.25, 0.3) is 0 Å². The maximum atomic E-state index is 12.2. The van der Waals surface area contributed by atoms with Gasteiger partial charge in [-0.2, -0.15) is 0 Å². The van der Waals surface area contributed by atoms with Gasteiger partial charge in [-0.05, 0) is 31.1 Å². The van der Waals surface area contributed by atoms with Gasteiger partial charge in [0.25, 0.3) is 5.91 Å². The zero-order valence-corrected chi connectivity index (χ0v) is 13.0. The largest absolute Gasteiger partial charge is 0.369 e. The first kappa shape index (κ1) is 16.7. The summed E-state index contributed by atoms with van der Waals surface area (Å²) in [5.74, 6) is 2.13. The molecule has 19 heavy (non-hydrogen) atoms. The molecule has 0 aromatic carbocycles. The number of nitrogens with zero attached hydrogens (tertiary/aromatic N) is 1. The van der Waals surface area contributed by atoms with Crippen LogP contribution in [0.15, 0.2) is 0 Å². The third-order valence-corrected chi connectivity index (χ3v) is 4.11. The molecule has 0 aromatic heterocycles. The van der Waals surface area contributed by atoms with E-state index in [4.69, 9.17) is 4.74 Å². The maximum absolute atomic E-state index is 12.2. The van der Waals surface area contributed by atoms with Crippen molar-refractivity contribution in [1.29, 1.82) is 0 Å². The van der Waals surface area contributed by atoms with E-state index >= 15 is 0 Å². The third-order valence-electron chi connectivity index (χ3n) is 4.11. The summed E-state index contributed by atoms with van der Waals surface area (Å²) in [4.78, 5) is 14.2. The zero-order valence-electron chi connectivity index (χ0n) is 12.2. The maximum Gasteiger partial charge on any atom is 0.251 e. The molecule has 2 rings (SSSR count). The van der Waals surface area contributed by atoms with Crippen LogP contribution in [0.5, 0.6) is 0 Å². The molecule has 2 saturated heterocycles. The number of carbonyl (C=O) groups is 1. The Hall–Kier alpha value is -0.320. The lowest BCUT2D eigenvalue weighted by Crippen LogP contribution is -2.39. The number of halogens is 1. The standard InChI is InChI=1S/C14H26N2O2.ClH/c1-10(2)4-5-18-11(3)14(17)16-8-12-6-15-7-13(12)9-16;/h10-13,15H,4-9H2,1-3H3;1H/t11?,12-,13+;. The first-order valence-corrected chi connectivity index (χ1v) is 7.19. The van der Waals surface area contributed by atoms with Crippen molar-refractivity contribution in [2.75, 3.05) is 32.8 Å². The molecule has 2 aliphatic rings. The van der Waals surface area contributed by atoms with Gasteiger partial charge in [-0.15, -0.1) is 12.4 Å². The van der Waals surface area contributed by atoms with Crippen molar-refractivity contribution < 1.29 is 9.53 Å². The molecule has 112 valence electrons. The Kier molecular flexibility index (Phi) is 6.57. The SMILES string of the molecule is CC(C)CCOC(C)C(=O)N1C[C@H]2CNC[C@H]2C1.Cl. The van der Waals surface area contributed by atoms with E-state index in [-0.39, 0.29) is 24.4 Å². The Balaban J connectivity index is 0.00000180. The number of carbonyl (C=O) groups excluding carboxylic acids is 1. The van der Waals surface area contributed by atoms with E-state index in [1.54, 1.807) is 0 Å². The molecule has 1 N–H and O–H groups in total. The predicted molar refractivity (Wildman–Crippen MR) is 78.5 cm³/mol. The van der Waals surface area contributed by atoms with E-state index in [9.17, 15) is 4.79 Å². The quantitative estimate of drug-likeness (QED) is 0.835. The minimum absolute atomic E-state index is 0. The number of hydrogen-bond donors (Lipinski definition) is 1. The molecule has 0 aromatic rings. The van der Waals surface area contributed by atoms with Crippen molar-refractivity contribution in [3.63, 3.8) is 0 Å². The topological polar surface area (TPSA) is 41.6 Å². The molecular weight excluding hydrogens is 264 g/mol. The molecule has 0 saturated carbocycles. The second kappa shape index (κ2) is 7.46. The molecule has 0 radical (unpaired) electrons. The van der Waals surface area contributed by atoms with Crippen LogP contribution < -0.4 is 5.32 Å². The van der Waals surface area contributed by atoms with Crippen molar-refractivity contribution in [2.24, 2.45) is 17.8 Å². The van der Waals surface area contributed by atoms with E-state index < -0.39 is 0 Å². The summed E-state index contributed by atoms with van der Waals surface area (Å²) in [6.45, 7) is 10.9. The molecule has 0 spiro atoms. The number of fused-ring (bicyclic) bond motifs is 1. The van der Waals surface area contributed by atoms with Crippen LogP contribution >= 0.6 is 12.4 Å². The van der Waals surface area contributed by atoms with Crippen LogP contribution in [0.4, 0.5) is 0 Å². The van der Waals surface area contributed by atoms with Gasteiger partial charge >= 0.3 is 0 Å². The van der Waals surface area contributed by atoms with Crippen LogP contribution in [0.3, 0.4) is 0 Å². The monoisotopic (exact) mass is 290 g/mol. The van der Waals surface area contributed by atoms with Gasteiger partial charge in [0.2, 0.25) is 0 Å². The Morgan fingerprint density at radius 1 is 1.26 bits per heavy atom. The van der Waals surface area contributed by atoms with Gasteiger partial charge in [0, 0.05) is 32.8 Å². The fourth-order valence-corrected chi connectivity index (χ4v) is 2.84. The Labute approximate surface area is 122 Å². The number of amides is 1. The van der Waals surface area contributed by atoms with Gasteiger partial charge < -0.3 is 15.0 Å². The average Bonchev–Trinajstić information content (AvgIpc) is 2.87. The minimum Gasteiger partial charge on any atom is -0.369 e. The number of likely N-dealkylation sites (tertiary alicyclic amines) is 1. The molecule has 0 bridgehead atoms. The molecule has 2 heterocycles. The molecule has 1 unspecified atom stereocenters. The van der Waals surface area contributed by atoms with Crippen molar-refractivity contribution in [1.82, 2.24) is 10.2 Å². The molecule has 5 heteroatoms. The van der Waals surface area contributed by atoms with E-state index in [2.05, 4.69) is 19.2 Å². The summed E-state index contributed by atoms with van der Waals surface area (Å²) in [5, 5.41) is 3.39. The molecule has 3 atom stereocenters. The summed E-state index contributed by atoms with van der Waals surface area (Å²) in [6, 6.07) is 0. The minimum atomic E-state index is -0.282. The molecule has 2 aliphatic heterocycles. The number of rotatable bonds is 5. The normalized spacial score (nSPS) is 27.3. The molecule has 2 fully saturated rings. The van der Waals surface area contributed by atoms with Gasteiger partial charge in [0.05, 0.1) is 0 Å². The fraction of sp³-hybridized carbons (Fsp3) is 0.929. The first-order chi connectivity index (χ1) is 8.58. The summed E-state index contributed by atoms with van der Waals surface area (Å²) >= 11 is 0. The van der Waals surface area contributed by atoms with Crippen LogP contribution in [0.2, 0.25) is 0 Å². The van der Waals surface area contributed by atoms with Gasteiger partial charge in [-0.25, -0.2) is 0 Å². The van der Waals surface area contributed by atoms with E-state index in [1.165, 1.54) is 0 Å². The number of ether oxygens (including phenoxy) is 1. The molecule has 4 nitrogen and oxygen atoms in total. The Morgan fingerprint density at radius 3 is 2.37 bits per heavy atom. The van der Waals surface area contributed by atoms with Crippen molar-refractivity contribution >= 4 is 18.3 Å². The highest BCUT2D eigenvalue weighted by atomic mass is 35.5. The smallest absolute Gasteiger partial charge is 0.251 e. The predicted octanol–water partition coefficient (Wildman–Crippen LogP) is 1.54. The molecule has 1 amide bonds. The Morgan fingerprint density at radius 2 is 1.84 bits per heavy atom. The second-order valence-corrected chi connectivity index (χ2v) is 6.12. The highest BCUT2D eigenvalue weighted by Gasteiger charge is 2.39. The summed E-state index contributed by atoms with van der Waals surface area (Å²) < 4.78 is 5.64. The van der Waals surface area contributed by atoms with Gasteiger partial charge in [0.15, 0.2) is 0 Å². The summed E-state index contributed by atoms with van der Waals surface area (Å²) in [5.41, 5.74) is 0. The van der Waals surface area contributed by atoms with Gasteiger partial charge in [-0.3, -0.25) is 4.79 Å². The van der Waals surface area contributed by atoms with Crippen molar-refractivity contribution in [3.8, 4) is 0 Å². The molecular formula is C14H27ClN2O2.